The number of aromatic nitrogens is 6. The summed E-state index contributed by atoms with van der Waals surface area (Å²) in [6.07, 6.45) is 4.51. The molecule has 0 unspecified atom stereocenters. The van der Waals surface area contributed by atoms with Crippen molar-refractivity contribution in [3.63, 3.8) is 0 Å². The summed E-state index contributed by atoms with van der Waals surface area (Å²) in [4.78, 5) is 16.2. The maximum Gasteiger partial charge on any atom is 0.169 e. The van der Waals surface area contributed by atoms with Gasteiger partial charge in [0, 0.05) is 11.8 Å². The molecule has 0 radical (unpaired) electrons. The van der Waals surface area contributed by atoms with Crippen molar-refractivity contribution in [1.82, 2.24) is 29.7 Å². The fraction of sp³-hybridized carbons (Fsp3) is 0.100. The van der Waals surface area contributed by atoms with E-state index in [0.29, 0.717) is 22.0 Å². The monoisotopic (exact) mass is 246 g/mol. The van der Waals surface area contributed by atoms with Gasteiger partial charge in [-0.05, 0) is 6.92 Å². The Morgan fingerprint density at radius 3 is 2.76 bits per heavy atom. The SMILES string of the molecule is Cc1cc(-n2ncc3c(Cl)ncnc32)ncn1. The normalized spacial score (nSPS) is 10.9. The number of hydrogen-bond donors (Lipinski definition) is 0. The van der Waals surface area contributed by atoms with Gasteiger partial charge in [-0.15, -0.1) is 0 Å². The van der Waals surface area contributed by atoms with E-state index in [4.69, 9.17) is 11.6 Å². The standard InChI is InChI=1S/C10H7ClN6/c1-6-2-8(13-4-12-6)17-10-7(3-16-17)9(11)14-5-15-10/h2-5H,1H3. The summed E-state index contributed by atoms with van der Waals surface area (Å²) >= 11 is 5.95. The summed E-state index contributed by atoms with van der Waals surface area (Å²) in [5.74, 6) is 0.655. The summed E-state index contributed by atoms with van der Waals surface area (Å²) < 4.78 is 1.61. The Kier molecular flexibility index (Phi) is 2.22. The largest absolute Gasteiger partial charge is 0.242 e. The van der Waals surface area contributed by atoms with Crippen LogP contribution in [0.4, 0.5) is 0 Å². The molecule has 3 rings (SSSR count). The van der Waals surface area contributed by atoms with Crippen molar-refractivity contribution in [3.05, 3.63) is 35.8 Å². The fourth-order valence-electron chi connectivity index (χ4n) is 1.54. The number of aryl methyl sites for hydroxylation is 1. The molecule has 0 amide bonds. The van der Waals surface area contributed by atoms with Crippen LogP contribution in [-0.4, -0.2) is 29.7 Å². The molecule has 3 aromatic rings. The first-order valence-electron chi connectivity index (χ1n) is 4.89. The number of fused-ring (bicyclic) bond motifs is 1. The molecule has 0 saturated carbocycles. The molecule has 6 nitrogen and oxygen atoms in total. The average molecular weight is 247 g/mol. The van der Waals surface area contributed by atoms with Gasteiger partial charge in [0.15, 0.2) is 11.5 Å². The number of halogens is 1. The van der Waals surface area contributed by atoms with Gasteiger partial charge in [-0.25, -0.2) is 19.9 Å². The topological polar surface area (TPSA) is 69.4 Å². The highest BCUT2D eigenvalue weighted by atomic mass is 35.5. The number of nitrogens with zero attached hydrogens (tertiary/aromatic N) is 6. The van der Waals surface area contributed by atoms with Gasteiger partial charge in [0.25, 0.3) is 0 Å². The molecular weight excluding hydrogens is 240 g/mol. The van der Waals surface area contributed by atoms with E-state index >= 15 is 0 Å². The molecule has 84 valence electrons. The molecule has 3 aromatic heterocycles. The van der Waals surface area contributed by atoms with Crippen LogP contribution < -0.4 is 0 Å². The summed E-state index contributed by atoms with van der Waals surface area (Å²) in [6.45, 7) is 1.89. The van der Waals surface area contributed by atoms with Crippen molar-refractivity contribution < 1.29 is 0 Å². The van der Waals surface area contributed by atoms with Crippen LogP contribution in [0.2, 0.25) is 5.15 Å². The number of rotatable bonds is 1. The maximum absolute atomic E-state index is 5.95. The van der Waals surface area contributed by atoms with Crippen LogP contribution in [0, 0.1) is 6.92 Å². The summed E-state index contributed by atoms with van der Waals surface area (Å²) in [5, 5.41) is 5.29. The third kappa shape index (κ3) is 1.62. The quantitative estimate of drug-likeness (QED) is 0.610. The molecule has 0 spiro atoms. The van der Waals surface area contributed by atoms with Gasteiger partial charge in [-0.1, -0.05) is 11.6 Å². The Hall–Kier alpha value is -2.08. The van der Waals surface area contributed by atoms with E-state index in [1.54, 1.807) is 10.9 Å². The predicted molar refractivity (Wildman–Crippen MR) is 62.0 cm³/mol. The number of hydrogen-bond acceptors (Lipinski definition) is 5. The smallest absolute Gasteiger partial charge is 0.169 e. The second-order valence-corrected chi connectivity index (χ2v) is 3.83. The lowest BCUT2D eigenvalue weighted by atomic mass is 10.4. The van der Waals surface area contributed by atoms with Crippen LogP contribution in [0.5, 0.6) is 0 Å². The van der Waals surface area contributed by atoms with Crippen molar-refractivity contribution in [1.29, 1.82) is 0 Å². The zero-order valence-corrected chi connectivity index (χ0v) is 9.63. The van der Waals surface area contributed by atoms with Crippen LogP contribution in [0.1, 0.15) is 5.69 Å². The lowest BCUT2D eigenvalue weighted by molar-refractivity contribution is 0.848. The molecule has 0 bridgehead atoms. The third-order valence-electron chi connectivity index (χ3n) is 2.32. The molecule has 3 heterocycles. The molecule has 0 fully saturated rings. The van der Waals surface area contributed by atoms with E-state index in [9.17, 15) is 0 Å². The highest BCUT2D eigenvalue weighted by Gasteiger charge is 2.10. The van der Waals surface area contributed by atoms with Crippen molar-refractivity contribution >= 4 is 22.6 Å². The van der Waals surface area contributed by atoms with Gasteiger partial charge in [0.1, 0.15) is 17.8 Å². The molecule has 7 heteroatoms. The van der Waals surface area contributed by atoms with E-state index in [-0.39, 0.29) is 0 Å². The van der Waals surface area contributed by atoms with E-state index in [2.05, 4.69) is 25.0 Å². The second-order valence-electron chi connectivity index (χ2n) is 3.48. The summed E-state index contributed by atoms with van der Waals surface area (Å²) in [5.41, 5.74) is 1.49. The molecule has 0 N–H and O–H groups in total. The van der Waals surface area contributed by atoms with E-state index in [0.717, 1.165) is 5.69 Å². The first-order valence-corrected chi connectivity index (χ1v) is 5.27. The van der Waals surface area contributed by atoms with Crippen molar-refractivity contribution in [2.24, 2.45) is 0 Å². The molecular formula is C10H7ClN6. The molecule has 0 saturated heterocycles. The third-order valence-corrected chi connectivity index (χ3v) is 2.62. The average Bonchev–Trinajstić information content (AvgIpc) is 2.74. The van der Waals surface area contributed by atoms with E-state index in [1.807, 2.05) is 13.0 Å². The Morgan fingerprint density at radius 2 is 1.94 bits per heavy atom. The van der Waals surface area contributed by atoms with Crippen molar-refractivity contribution in [2.45, 2.75) is 6.92 Å². The van der Waals surface area contributed by atoms with Gasteiger partial charge in [-0.3, -0.25) is 0 Å². The molecule has 0 aliphatic rings. The lowest BCUT2D eigenvalue weighted by Crippen LogP contribution is -2.01. The van der Waals surface area contributed by atoms with Crippen LogP contribution >= 0.6 is 11.6 Å². The van der Waals surface area contributed by atoms with E-state index in [1.165, 1.54) is 12.7 Å². The Morgan fingerprint density at radius 1 is 1.12 bits per heavy atom. The van der Waals surface area contributed by atoms with Gasteiger partial charge in [0.2, 0.25) is 0 Å². The summed E-state index contributed by atoms with van der Waals surface area (Å²) in [6, 6.07) is 1.82. The minimum atomic E-state index is 0.382. The van der Waals surface area contributed by atoms with Gasteiger partial charge >= 0.3 is 0 Å². The van der Waals surface area contributed by atoms with Crippen LogP contribution in [0.15, 0.2) is 24.9 Å². The van der Waals surface area contributed by atoms with E-state index < -0.39 is 0 Å². The fourth-order valence-corrected chi connectivity index (χ4v) is 1.72. The summed E-state index contributed by atoms with van der Waals surface area (Å²) in [7, 11) is 0. The van der Waals surface area contributed by atoms with Gasteiger partial charge < -0.3 is 0 Å². The Bertz CT molecular complexity index is 692. The first kappa shape index (κ1) is 10.1. The van der Waals surface area contributed by atoms with Gasteiger partial charge in [0.05, 0.1) is 11.6 Å². The van der Waals surface area contributed by atoms with Crippen molar-refractivity contribution in [3.8, 4) is 5.82 Å². The highest BCUT2D eigenvalue weighted by Crippen LogP contribution is 2.20. The predicted octanol–water partition coefficient (Wildman–Crippen LogP) is 1.57. The molecule has 0 aliphatic carbocycles. The second kappa shape index (κ2) is 3.74. The molecule has 0 aromatic carbocycles. The zero-order valence-electron chi connectivity index (χ0n) is 8.87. The molecule has 0 atom stereocenters. The maximum atomic E-state index is 5.95. The lowest BCUT2D eigenvalue weighted by Gasteiger charge is -2.01. The molecule has 0 aliphatic heterocycles. The zero-order chi connectivity index (χ0) is 11.8. The highest BCUT2D eigenvalue weighted by molar-refractivity contribution is 6.33. The van der Waals surface area contributed by atoms with Gasteiger partial charge in [-0.2, -0.15) is 9.78 Å². The van der Waals surface area contributed by atoms with Crippen LogP contribution in [-0.2, 0) is 0 Å². The Labute approximate surface area is 101 Å². The van der Waals surface area contributed by atoms with Crippen LogP contribution in [0.3, 0.4) is 0 Å². The minimum absolute atomic E-state index is 0.382. The molecule has 17 heavy (non-hydrogen) atoms. The first-order chi connectivity index (χ1) is 8.25. The Balaban J connectivity index is 2.28. The minimum Gasteiger partial charge on any atom is -0.242 e. The van der Waals surface area contributed by atoms with Crippen LogP contribution in [0.25, 0.3) is 16.9 Å². The van der Waals surface area contributed by atoms with Crippen molar-refractivity contribution in [2.75, 3.05) is 0 Å².